The first-order chi connectivity index (χ1) is 8.49. The van der Waals surface area contributed by atoms with Crippen LogP contribution >= 0.6 is 0 Å². The van der Waals surface area contributed by atoms with Crippen LogP contribution in [0.4, 0.5) is 0 Å². The first-order valence-corrected chi connectivity index (χ1v) is 5.93. The number of carbonyl (C=O) groups excluding carboxylic acids is 1. The Kier molecular flexibility index (Phi) is 5.35. The Bertz CT molecular complexity index is 414. The second-order valence-corrected chi connectivity index (χ2v) is 4.46. The molecule has 1 unspecified atom stereocenters. The first-order valence-electron chi connectivity index (χ1n) is 5.93. The highest BCUT2D eigenvalue weighted by atomic mass is 16.4. The summed E-state index contributed by atoms with van der Waals surface area (Å²) >= 11 is 0. The van der Waals surface area contributed by atoms with Gasteiger partial charge in [0.15, 0.2) is 0 Å². The molecule has 0 spiro atoms. The van der Waals surface area contributed by atoms with E-state index >= 15 is 0 Å². The molecule has 1 atom stereocenters. The zero-order valence-corrected chi connectivity index (χ0v) is 10.7. The third-order valence-corrected chi connectivity index (χ3v) is 2.65. The Hall–Kier alpha value is -1.85. The number of carboxylic acids is 1. The lowest BCUT2D eigenvalue weighted by Gasteiger charge is -2.09. The van der Waals surface area contributed by atoms with Gasteiger partial charge in [-0.3, -0.25) is 9.59 Å². The van der Waals surface area contributed by atoms with Crippen LogP contribution < -0.4 is 5.32 Å². The fourth-order valence-corrected chi connectivity index (χ4v) is 1.71. The SMILES string of the molecule is CC(CC(=O)O)CC(=O)NCCc1nccn1C. The van der Waals surface area contributed by atoms with Crippen molar-refractivity contribution in [3.8, 4) is 0 Å². The fraction of sp³-hybridized carbons (Fsp3) is 0.583. The molecule has 18 heavy (non-hydrogen) atoms. The Morgan fingerprint density at radius 2 is 2.22 bits per heavy atom. The smallest absolute Gasteiger partial charge is 0.303 e. The summed E-state index contributed by atoms with van der Waals surface area (Å²) in [5, 5.41) is 11.4. The van der Waals surface area contributed by atoms with Gasteiger partial charge in [-0.2, -0.15) is 0 Å². The summed E-state index contributed by atoms with van der Waals surface area (Å²) in [5.74, 6) is -0.217. The lowest BCUT2D eigenvalue weighted by Crippen LogP contribution is -2.28. The van der Waals surface area contributed by atoms with Gasteiger partial charge in [0.1, 0.15) is 5.82 Å². The van der Waals surface area contributed by atoms with Gasteiger partial charge >= 0.3 is 5.97 Å². The minimum Gasteiger partial charge on any atom is -0.481 e. The normalized spacial score (nSPS) is 12.1. The van der Waals surface area contributed by atoms with Crippen LogP contribution in [0, 0.1) is 5.92 Å². The molecular weight excluding hydrogens is 234 g/mol. The van der Waals surface area contributed by atoms with Crippen LogP contribution in [0.1, 0.15) is 25.6 Å². The van der Waals surface area contributed by atoms with Gasteiger partial charge in [-0.05, 0) is 5.92 Å². The maximum Gasteiger partial charge on any atom is 0.303 e. The van der Waals surface area contributed by atoms with Gasteiger partial charge < -0.3 is 15.0 Å². The molecule has 6 heteroatoms. The number of carbonyl (C=O) groups is 2. The van der Waals surface area contributed by atoms with E-state index in [1.807, 2.05) is 17.8 Å². The van der Waals surface area contributed by atoms with E-state index in [2.05, 4.69) is 10.3 Å². The van der Waals surface area contributed by atoms with E-state index in [9.17, 15) is 9.59 Å². The lowest BCUT2D eigenvalue weighted by atomic mass is 10.0. The molecule has 1 aromatic heterocycles. The largest absolute Gasteiger partial charge is 0.481 e. The maximum atomic E-state index is 11.5. The van der Waals surface area contributed by atoms with Crippen LogP contribution in [0.5, 0.6) is 0 Å². The van der Waals surface area contributed by atoms with E-state index in [4.69, 9.17) is 5.11 Å². The quantitative estimate of drug-likeness (QED) is 0.744. The van der Waals surface area contributed by atoms with Crippen molar-refractivity contribution in [1.29, 1.82) is 0 Å². The van der Waals surface area contributed by atoms with Crippen LogP contribution in [0.25, 0.3) is 0 Å². The Balaban J connectivity index is 2.21. The minimum absolute atomic E-state index is 0.0206. The number of carboxylic acid groups (broad SMARTS) is 1. The van der Waals surface area contributed by atoms with Gasteiger partial charge in [0.2, 0.25) is 5.91 Å². The molecule has 0 aliphatic rings. The summed E-state index contributed by atoms with van der Waals surface area (Å²) < 4.78 is 1.90. The molecule has 0 fully saturated rings. The predicted molar refractivity (Wildman–Crippen MR) is 66.0 cm³/mol. The average Bonchev–Trinajstić information content (AvgIpc) is 2.63. The summed E-state index contributed by atoms with van der Waals surface area (Å²) in [6.45, 7) is 2.27. The summed E-state index contributed by atoms with van der Waals surface area (Å²) in [5.41, 5.74) is 0. The Morgan fingerprint density at radius 1 is 1.50 bits per heavy atom. The fourth-order valence-electron chi connectivity index (χ4n) is 1.71. The van der Waals surface area contributed by atoms with E-state index < -0.39 is 5.97 Å². The average molecular weight is 253 g/mol. The maximum absolute atomic E-state index is 11.5. The van der Waals surface area contributed by atoms with Crippen molar-refractivity contribution in [3.63, 3.8) is 0 Å². The molecular formula is C12H19N3O3. The lowest BCUT2D eigenvalue weighted by molar-refractivity contribution is -0.138. The number of aryl methyl sites for hydroxylation is 1. The molecule has 0 saturated carbocycles. The number of nitrogens with zero attached hydrogens (tertiary/aromatic N) is 2. The number of imidazole rings is 1. The topological polar surface area (TPSA) is 84.2 Å². The summed E-state index contributed by atoms with van der Waals surface area (Å²) in [6, 6.07) is 0. The Labute approximate surface area is 106 Å². The molecule has 1 rings (SSSR count). The van der Waals surface area contributed by atoms with Crippen molar-refractivity contribution in [2.75, 3.05) is 6.54 Å². The van der Waals surface area contributed by atoms with Crippen molar-refractivity contribution in [3.05, 3.63) is 18.2 Å². The molecule has 1 heterocycles. The molecule has 6 nitrogen and oxygen atoms in total. The number of nitrogens with one attached hydrogen (secondary N) is 1. The number of aromatic nitrogens is 2. The van der Waals surface area contributed by atoms with E-state index in [1.165, 1.54) is 0 Å². The number of amides is 1. The molecule has 0 aromatic carbocycles. The molecule has 2 N–H and O–H groups in total. The second-order valence-electron chi connectivity index (χ2n) is 4.46. The van der Waals surface area contributed by atoms with Crippen LogP contribution in [0.2, 0.25) is 0 Å². The molecule has 1 amide bonds. The van der Waals surface area contributed by atoms with Gasteiger partial charge in [0, 0.05) is 45.2 Å². The van der Waals surface area contributed by atoms with Gasteiger partial charge in [-0.1, -0.05) is 6.92 Å². The van der Waals surface area contributed by atoms with Crippen molar-refractivity contribution in [1.82, 2.24) is 14.9 Å². The van der Waals surface area contributed by atoms with Gasteiger partial charge in [-0.15, -0.1) is 0 Å². The number of aliphatic carboxylic acids is 1. The van der Waals surface area contributed by atoms with E-state index in [1.54, 1.807) is 13.1 Å². The molecule has 0 radical (unpaired) electrons. The van der Waals surface area contributed by atoms with Crippen LogP contribution in [0.3, 0.4) is 0 Å². The molecule has 0 aliphatic carbocycles. The van der Waals surface area contributed by atoms with Crippen LogP contribution in [-0.4, -0.2) is 33.1 Å². The highest BCUT2D eigenvalue weighted by molar-refractivity contribution is 5.77. The van der Waals surface area contributed by atoms with Crippen molar-refractivity contribution >= 4 is 11.9 Å². The van der Waals surface area contributed by atoms with Crippen molar-refractivity contribution in [2.45, 2.75) is 26.2 Å². The zero-order valence-electron chi connectivity index (χ0n) is 10.7. The zero-order chi connectivity index (χ0) is 13.5. The van der Waals surface area contributed by atoms with Crippen molar-refractivity contribution < 1.29 is 14.7 Å². The third kappa shape index (κ3) is 4.99. The molecule has 100 valence electrons. The van der Waals surface area contributed by atoms with Gasteiger partial charge in [-0.25, -0.2) is 4.98 Å². The molecule has 0 aliphatic heterocycles. The van der Waals surface area contributed by atoms with Crippen molar-refractivity contribution in [2.24, 2.45) is 13.0 Å². The highest BCUT2D eigenvalue weighted by Gasteiger charge is 2.12. The summed E-state index contributed by atoms with van der Waals surface area (Å²) in [7, 11) is 1.90. The summed E-state index contributed by atoms with van der Waals surface area (Å²) in [6.07, 6.45) is 4.50. The minimum atomic E-state index is -0.872. The highest BCUT2D eigenvalue weighted by Crippen LogP contribution is 2.06. The Morgan fingerprint density at radius 3 is 2.78 bits per heavy atom. The number of rotatable bonds is 7. The van der Waals surface area contributed by atoms with Crippen LogP contribution in [0.15, 0.2) is 12.4 Å². The third-order valence-electron chi connectivity index (χ3n) is 2.65. The predicted octanol–water partition coefficient (Wildman–Crippen LogP) is 0.580. The monoisotopic (exact) mass is 253 g/mol. The first kappa shape index (κ1) is 14.2. The van der Waals surface area contributed by atoms with Gasteiger partial charge in [0.25, 0.3) is 0 Å². The van der Waals surface area contributed by atoms with Gasteiger partial charge in [0.05, 0.1) is 0 Å². The van der Waals surface area contributed by atoms with E-state index in [0.717, 1.165) is 5.82 Å². The number of hydrogen-bond donors (Lipinski definition) is 2. The van der Waals surface area contributed by atoms with E-state index in [0.29, 0.717) is 13.0 Å². The second kappa shape index (κ2) is 6.78. The molecule has 0 saturated heterocycles. The molecule has 0 bridgehead atoms. The molecule has 1 aromatic rings. The number of hydrogen-bond acceptors (Lipinski definition) is 3. The standard InChI is InChI=1S/C12H19N3O3/c1-9(8-12(17)18)7-11(16)14-4-3-10-13-5-6-15(10)2/h5-6,9H,3-4,7-8H2,1-2H3,(H,14,16)(H,17,18). The van der Waals surface area contributed by atoms with Crippen LogP contribution in [-0.2, 0) is 23.1 Å². The van der Waals surface area contributed by atoms with E-state index in [-0.39, 0.29) is 24.7 Å². The summed E-state index contributed by atoms with van der Waals surface area (Å²) in [4.78, 5) is 26.1.